The highest BCUT2D eigenvalue weighted by atomic mass is 16.5. The molecule has 0 radical (unpaired) electrons. The van der Waals surface area contributed by atoms with E-state index in [1.165, 1.54) is 11.1 Å². The van der Waals surface area contributed by atoms with Gasteiger partial charge in [0, 0.05) is 6.04 Å². The second-order valence-corrected chi connectivity index (χ2v) is 4.60. The molecule has 2 nitrogen and oxygen atoms in total. The number of benzene rings is 2. The Morgan fingerprint density at radius 3 is 2.22 bits per heavy atom. The monoisotopic (exact) mass is 241 g/mol. The van der Waals surface area contributed by atoms with Crippen LogP contribution in [0.15, 0.2) is 54.6 Å². The van der Waals surface area contributed by atoms with Crippen molar-refractivity contribution in [1.82, 2.24) is 0 Å². The molecule has 0 bridgehead atoms. The largest absolute Gasteiger partial charge is 0.489 e. The number of rotatable bonds is 5. The summed E-state index contributed by atoms with van der Waals surface area (Å²) in [6.45, 7) is 2.62. The van der Waals surface area contributed by atoms with Crippen molar-refractivity contribution in [3.63, 3.8) is 0 Å². The van der Waals surface area contributed by atoms with Crippen LogP contribution in [0.3, 0.4) is 0 Å². The van der Waals surface area contributed by atoms with Crippen molar-refractivity contribution in [3.8, 4) is 5.75 Å². The molecule has 18 heavy (non-hydrogen) atoms. The maximum absolute atomic E-state index is 5.77. The summed E-state index contributed by atoms with van der Waals surface area (Å²) in [6.07, 6.45) is 0.902. The second kappa shape index (κ2) is 6.22. The Bertz CT molecular complexity index is 462. The molecule has 0 saturated heterocycles. The molecule has 2 aromatic carbocycles. The molecule has 0 unspecified atom stereocenters. The Hall–Kier alpha value is -1.80. The minimum absolute atomic E-state index is 0.195. The van der Waals surface area contributed by atoms with Gasteiger partial charge in [-0.15, -0.1) is 0 Å². The predicted octanol–water partition coefficient (Wildman–Crippen LogP) is 3.16. The molecule has 2 N–H and O–H groups in total. The molecule has 0 fully saturated rings. The van der Waals surface area contributed by atoms with Gasteiger partial charge in [0.15, 0.2) is 0 Å². The normalized spacial score (nSPS) is 12.1. The Morgan fingerprint density at radius 2 is 1.61 bits per heavy atom. The van der Waals surface area contributed by atoms with E-state index >= 15 is 0 Å². The molecule has 2 heteroatoms. The van der Waals surface area contributed by atoms with E-state index in [2.05, 4.69) is 24.3 Å². The van der Waals surface area contributed by atoms with Gasteiger partial charge in [0.25, 0.3) is 0 Å². The van der Waals surface area contributed by atoms with Crippen LogP contribution in [-0.2, 0) is 13.0 Å². The van der Waals surface area contributed by atoms with Gasteiger partial charge in [-0.1, -0.05) is 42.5 Å². The van der Waals surface area contributed by atoms with Crippen LogP contribution in [0, 0.1) is 0 Å². The van der Waals surface area contributed by atoms with Crippen molar-refractivity contribution in [2.24, 2.45) is 5.73 Å². The van der Waals surface area contributed by atoms with Crippen LogP contribution in [0.25, 0.3) is 0 Å². The molecule has 0 aliphatic heterocycles. The van der Waals surface area contributed by atoms with Gasteiger partial charge >= 0.3 is 0 Å². The lowest BCUT2D eigenvalue weighted by Gasteiger charge is -2.08. The highest BCUT2D eigenvalue weighted by molar-refractivity contribution is 5.28. The van der Waals surface area contributed by atoms with E-state index in [-0.39, 0.29) is 6.04 Å². The van der Waals surface area contributed by atoms with Crippen LogP contribution in [0.2, 0.25) is 0 Å². The van der Waals surface area contributed by atoms with Gasteiger partial charge in [0.05, 0.1) is 0 Å². The summed E-state index contributed by atoms with van der Waals surface area (Å²) in [4.78, 5) is 0. The lowest BCUT2D eigenvalue weighted by atomic mass is 10.1. The number of hydrogen-bond donors (Lipinski definition) is 1. The number of ether oxygens (including phenoxy) is 1. The van der Waals surface area contributed by atoms with E-state index in [9.17, 15) is 0 Å². The van der Waals surface area contributed by atoms with E-state index in [0.29, 0.717) is 6.61 Å². The summed E-state index contributed by atoms with van der Waals surface area (Å²) in [5.41, 5.74) is 8.19. The van der Waals surface area contributed by atoms with Gasteiger partial charge in [-0.2, -0.15) is 0 Å². The maximum atomic E-state index is 5.77. The standard InChI is InChI=1S/C16H19NO/c1-13(17)11-14-7-9-16(10-8-14)18-12-15-5-3-2-4-6-15/h2-10,13H,11-12,17H2,1H3/t13-/m1/s1. The fraction of sp³-hybridized carbons (Fsp3) is 0.250. The lowest BCUT2D eigenvalue weighted by Crippen LogP contribution is -2.17. The zero-order valence-electron chi connectivity index (χ0n) is 10.7. The van der Waals surface area contributed by atoms with Gasteiger partial charge in [0.2, 0.25) is 0 Å². The molecule has 1 atom stereocenters. The van der Waals surface area contributed by atoms with Crippen molar-refractivity contribution >= 4 is 0 Å². The average Bonchev–Trinajstić information content (AvgIpc) is 2.38. The van der Waals surface area contributed by atoms with Crippen LogP contribution in [-0.4, -0.2) is 6.04 Å². The molecule has 2 aromatic rings. The zero-order chi connectivity index (χ0) is 12.8. The summed E-state index contributed by atoms with van der Waals surface area (Å²) in [5.74, 6) is 0.896. The van der Waals surface area contributed by atoms with Crippen molar-refractivity contribution < 1.29 is 4.74 Å². The Labute approximate surface area is 108 Å². The molecule has 0 aromatic heterocycles. The fourth-order valence-electron chi connectivity index (χ4n) is 1.83. The molecule has 2 rings (SSSR count). The minimum atomic E-state index is 0.195. The molecule has 0 aliphatic carbocycles. The highest BCUT2D eigenvalue weighted by Crippen LogP contribution is 2.15. The minimum Gasteiger partial charge on any atom is -0.489 e. The van der Waals surface area contributed by atoms with E-state index in [1.807, 2.05) is 37.3 Å². The average molecular weight is 241 g/mol. The quantitative estimate of drug-likeness (QED) is 0.872. The fourth-order valence-corrected chi connectivity index (χ4v) is 1.83. The summed E-state index contributed by atoms with van der Waals surface area (Å²) >= 11 is 0. The third-order valence-corrected chi connectivity index (χ3v) is 2.73. The van der Waals surface area contributed by atoms with Gasteiger partial charge in [-0.25, -0.2) is 0 Å². The van der Waals surface area contributed by atoms with Crippen LogP contribution in [0.1, 0.15) is 18.1 Å². The van der Waals surface area contributed by atoms with Gasteiger partial charge in [0.1, 0.15) is 12.4 Å². The van der Waals surface area contributed by atoms with Crippen LogP contribution in [0.5, 0.6) is 5.75 Å². The first kappa shape index (κ1) is 12.7. The van der Waals surface area contributed by atoms with Crippen LogP contribution >= 0.6 is 0 Å². The predicted molar refractivity (Wildman–Crippen MR) is 74.6 cm³/mol. The summed E-state index contributed by atoms with van der Waals surface area (Å²) < 4.78 is 5.72. The van der Waals surface area contributed by atoms with Gasteiger partial charge in [-0.05, 0) is 36.6 Å². The second-order valence-electron chi connectivity index (χ2n) is 4.60. The lowest BCUT2D eigenvalue weighted by molar-refractivity contribution is 0.306. The summed E-state index contributed by atoms with van der Waals surface area (Å²) in [6, 6.07) is 18.5. The Kier molecular flexibility index (Phi) is 4.37. The van der Waals surface area contributed by atoms with Crippen molar-refractivity contribution in [1.29, 1.82) is 0 Å². The van der Waals surface area contributed by atoms with E-state index in [0.717, 1.165) is 12.2 Å². The Balaban J connectivity index is 1.90. The summed E-state index contributed by atoms with van der Waals surface area (Å²) in [5, 5.41) is 0. The molecule has 94 valence electrons. The van der Waals surface area contributed by atoms with Crippen LogP contribution in [0.4, 0.5) is 0 Å². The topological polar surface area (TPSA) is 35.2 Å². The number of hydrogen-bond acceptors (Lipinski definition) is 2. The molecule has 0 heterocycles. The van der Waals surface area contributed by atoms with Crippen molar-refractivity contribution in [2.45, 2.75) is 26.0 Å². The maximum Gasteiger partial charge on any atom is 0.119 e. The SMILES string of the molecule is C[C@@H](N)Cc1ccc(OCc2ccccc2)cc1. The molecule has 0 spiro atoms. The molecular weight excluding hydrogens is 222 g/mol. The first-order valence-electron chi connectivity index (χ1n) is 6.25. The number of nitrogens with two attached hydrogens (primary N) is 1. The van der Waals surface area contributed by atoms with Gasteiger partial charge < -0.3 is 10.5 Å². The van der Waals surface area contributed by atoms with E-state index in [1.54, 1.807) is 0 Å². The molecule has 0 amide bonds. The third kappa shape index (κ3) is 3.90. The zero-order valence-corrected chi connectivity index (χ0v) is 10.7. The van der Waals surface area contributed by atoms with Crippen molar-refractivity contribution in [3.05, 3.63) is 65.7 Å². The first-order chi connectivity index (χ1) is 8.74. The molecular formula is C16H19NO. The first-order valence-corrected chi connectivity index (χ1v) is 6.25. The van der Waals surface area contributed by atoms with Gasteiger partial charge in [-0.3, -0.25) is 0 Å². The van der Waals surface area contributed by atoms with E-state index in [4.69, 9.17) is 10.5 Å². The van der Waals surface area contributed by atoms with Crippen LogP contribution < -0.4 is 10.5 Å². The van der Waals surface area contributed by atoms with Crippen molar-refractivity contribution in [2.75, 3.05) is 0 Å². The molecule has 0 saturated carbocycles. The summed E-state index contributed by atoms with van der Waals surface area (Å²) in [7, 11) is 0. The smallest absolute Gasteiger partial charge is 0.119 e. The van der Waals surface area contributed by atoms with E-state index < -0.39 is 0 Å². The molecule has 0 aliphatic rings. The highest BCUT2D eigenvalue weighted by Gasteiger charge is 1.99. The Morgan fingerprint density at radius 1 is 0.944 bits per heavy atom. The third-order valence-electron chi connectivity index (χ3n) is 2.73.